The Morgan fingerprint density at radius 2 is 1.86 bits per heavy atom. The number of amidine groups is 1. The van der Waals surface area contributed by atoms with E-state index < -0.39 is 16.1 Å². The van der Waals surface area contributed by atoms with Crippen molar-refractivity contribution in [2.24, 2.45) is 11.7 Å². The van der Waals surface area contributed by atoms with Crippen molar-refractivity contribution in [1.82, 2.24) is 4.72 Å². The summed E-state index contributed by atoms with van der Waals surface area (Å²) in [6.07, 6.45) is 5.35. The van der Waals surface area contributed by atoms with Gasteiger partial charge in [-0.1, -0.05) is 49.6 Å². The fourth-order valence-electron chi connectivity index (χ4n) is 2.85. The highest BCUT2D eigenvalue weighted by Gasteiger charge is 2.26. The Bertz CT molecular complexity index is 566. The molecule has 1 aromatic rings. The van der Waals surface area contributed by atoms with Crippen molar-refractivity contribution in [3.05, 3.63) is 35.9 Å². The molecular weight excluding hydrogens is 286 g/mol. The summed E-state index contributed by atoms with van der Waals surface area (Å²) in [6, 6.07) is 8.23. The van der Waals surface area contributed by atoms with E-state index in [0.717, 1.165) is 25.7 Å². The van der Waals surface area contributed by atoms with Gasteiger partial charge in [0.2, 0.25) is 10.0 Å². The summed E-state index contributed by atoms with van der Waals surface area (Å²) >= 11 is 0. The highest BCUT2D eigenvalue weighted by Crippen LogP contribution is 2.25. The average molecular weight is 309 g/mol. The van der Waals surface area contributed by atoms with Gasteiger partial charge in [-0.25, -0.2) is 13.1 Å². The van der Waals surface area contributed by atoms with Crippen LogP contribution in [0.15, 0.2) is 30.3 Å². The molecule has 0 bridgehead atoms. The molecule has 0 aromatic heterocycles. The van der Waals surface area contributed by atoms with Gasteiger partial charge in [0.1, 0.15) is 11.9 Å². The molecule has 116 valence electrons. The SMILES string of the molecule is N=C(N)C(NS(=O)(=O)CC1CCCCC1)c1ccccc1. The van der Waals surface area contributed by atoms with Gasteiger partial charge in [0.05, 0.1) is 5.75 Å². The second kappa shape index (κ2) is 7.04. The van der Waals surface area contributed by atoms with Crippen molar-refractivity contribution < 1.29 is 8.42 Å². The van der Waals surface area contributed by atoms with Crippen molar-refractivity contribution in [2.45, 2.75) is 38.1 Å². The van der Waals surface area contributed by atoms with Crippen molar-refractivity contribution in [1.29, 1.82) is 5.41 Å². The minimum absolute atomic E-state index is 0.129. The summed E-state index contributed by atoms with van der Waals surface area (Å²) in [4.78, 5) is 0. The summed E-state index contributed by atoms with van der Waals surface area (Å²) in [5.74, 6) is 0.164. The summed E-state index contributed by atoms with van der Waals surface area (Å²) in [5.41, 5.74) is 6.26. The van der Waals surface area contributed by atoms with Crippen LogP contribution in [0, 0.1) is 11.3 Å². The quantitative estimate of drug-likeness (QED) is 0.555. The molecule has 1 aromatic carbocycles. The van der Waals surface area contributed by atoms with E-state index in [0.29, 0.717) is 5.56 Å². The normalized spacial score (nSPS) is 18.3. The molecule has 0 radical (unpaired) electrons. The third-order valence-corrected chi connectivity index (χ3v) is 5.43. The Kier molecular flexibility index (Phi) is 5.36. The lowest BCUT2D eigenvalue weighted by Crippen LogP contribution is -2.39. The molecule has 0 aliphatic heterocycles. The fraction of sp³-hybridized carbons (Fsp3) is 0.533. The van der Waals surface area contributed by atoms with Gasteiger partial charge >= 0.3 is 0 Å². The maximum Gasteiger partial charge on any atom is 0.212 e. The van der Waals surface area contributed by atoms with Crippen molar-refractivity contribution in [3.8, 4) is 0 Å². The van der Waals surface area contributed by atoms with E-state index in [1.165, 1.54) is 6.42 Å². The first-order valence-electron chi connectivity index (χ1n) is 7.37. The first kappa shape index (κ1) is 16.0. The minimum atomic E-state index is -3.44. The third-order valence-electron chi connectivity index (χ3n) is 3.92. The van der Waals surface area contributed by atoms with Crippen LogP contribution in [0.25, 0.3) is 0 Å². The maximum atomic E-state index is 12.3. The number of nitrogens with two attached hydrogens (primary N) is 1. The van der Waals surface area contributed by atoms with E-state index in [1.807, 2.05) is 6.07 Å². The molecule has 2 rings (SSSR count). The molecule has 0 saturated heterocycles. The Morgan fingerprint density at radius 3 is 2.43 bits per heavy atom. The minimum Gasteiger partial charge on any atom is -0.386 e. The van der Waals surface area contributed by atoms with E-state index in [1.54, 1.807) is 24.3 Å². The zero-order chi connectivity index (χ0) is 15.3. The van der Waals surface area contributed by atoms with Crippen LogP contribution in [0.2, 0.25) is 0 Å². The standard InChI is InChI=1S/C15H23N3O2S/c16-15(17)14(13-9-5-2-6-10-13)18-21(19,20)11-12-7-3-1-4-8-12/h2,5-6,9-10,12,14,18H,1,3-4,7-8,11H2,(H3,16,17). The number of benzene rings is 1. The second-order valence-corrected chi connectivity index (χ2v) is 7.50. The highest BCUT2D eigenvalue weighted by atomic mass is 32.2. The van der Waals surface area contributed by atoms with Crippen LogP contribution in [-0.4, -0.2) is 20.0 Å². The molecule has 0 spiro atoms. The third kappa shape index (κ3) is 4.82. The lowest BCUT2D eigenvalue weighted by molar-refractivity contribution is 0.383. The van der Waals surface area contributed by atoms with Crippen LogP contribution in [0.3, 0.4) is 0 Å². The lowest BCUT2D eigenvalue weighted by atomic mass is 9.91. The number of sulfonamides is 1. The van der Waals surface area contributed by atoms with Gasteiger partial charge in [0, 0.05) is 0 Å². The molecule has 1 aliphatic carbocycles. The predicted octanol–water partition coefficient (Wildman–Crippen LogP) is 2.16. The number of rotatable bonds is 6. The zero-order valence-electron chi connectivity index (χ0n) is 12.1. The first-order chi connectivity index (χ1) is 9.98. The molecule has 1 unspecified atom stereocenters. The van der Waals surface area contributed by atoms with Gasteiger partial charge in [-0.05, 0) is 24.3 Å². The van der Waals surface area contributed by atoms with E-state index >= 15 is 0 Å². The molecule has 1 fully saturated rings. The Hall–Kier alpha value is -1.40. The van der Waals surface area contributed by atoms with Crippen LogP contribution >= 0.6 is 0 Å². The van der Waals surface area contributed by atoms with Crippen LogP contribution in [0.4, 0.5) is 0 Å². The highest BCUT2D eigenvalue weighted by molar-refractivity contribution is 7.89. The van der Waals surface area contributed by atoms with Gasteiger partial charge < -0.3 is 5.73 Å². The van der Waals surface area contributed by atoms with E-state index in [2.05, 4.69) is 4.72 Å². The predicted molar refractivity (Wildman–Crippen MR) is 84.6 cm³/mol. The van der Waals surface area contributed by atoms with E-state index in [4.69, 9.17) is 11.1 Å². The fourth-order valence-corrected chi connectivity index (χ4v) is 4.52. The Labute approximate surface area is 126 Å². The first-order valence-corrected chi connectivity index (χ1v) is 9.02. The number of hydrogen-bond acceptors (Lipinski definition) is 3. The molecule has 21 heavy (non-hydrogen) atoms. The summed E-state index contributed by atoms with van der Waals surface area (Å²) in [6.45, 7) is 0. The largest absolute Gasteiger partial charge is 0.386 e. The van der Waals surface area contributed by atoms with Crippen molar-refractivity contribution in [3.63, 3.8) is 0 Å². The molecule has 5 nitrogen and oxygen atoms in total. The smallest absolute Gasteiger partial charge is 0.212 e. The van der Waals surface area contributed by atoms with E-state index in [-0.39, 0.29) is 17.5 Å². The summed E-state index contributed by atoms with van der Waals surface area (Å²) in [7, 11) is -3.44. The van der Waals surface area contributed by atoms with Gasteiger partial charge in [0.15, 0.2) is 0 Å². The molecule has 1 aliphatic rings. The Morgan fingerprint density at radius 1 is 1.24 bits per heavy atom. The summed E-state index contributed by atoms with van der Waals surface area (Å²) in [5, 5.41) is 7.64. The second-order valence-electron chi connectivity index (χ2n) is 5.70. The van der Waals surface area contributed by atoms with Crippen molar-refractivity contribution >= 4 is 15.9 Å². The van der Waals surface area contributed by atoms with Gasteiger partial charge in [-0.3, -0.25) is 5.41 Å². The van der Waals surface area contributed by atoms with Gasteiger partial charge in [0.25, 0.3) is 0 Å². The number of hydrogen-bond donors (Lipinski definition) is 3. The molecule has 0 amide bonds. The van der Waals surface area contributed by atoms with Crippen LogP contribution in [0.5, 0.6) is 0 Å². The Balaban J connectivity index is 2.07. The van der Waals surface area contributed by atoms with Crippen LogP contribution < -0.4 is 10.5 Å². The zero-order valence-corrected chi connectivity index (χ0v) is 12.9. The number of nitrogens with one attached hydrogen (secondary N) is 2. The van der Waals surface area contributed by atoms with Crippen LogP contribution in [0.1, 0.15) is 43.7 Å². The van der Waals surface area contributed by atoms with Crippen molar-refractivity contribution in [2.75, 3.05) is 5.75 Å². The summed E-state index contributed by atoms with van der Waals surface area (Å²) < 4.78 is 27.2. The molecule has 6 heteroatoms. The molecule has 1 atom stereocenters. The van der Waals surface area contributed by atoms with Crippen LogP contribution in [-0.2, 0) is 10.0 Å². The maximum absolute atomic E-state index is 12.3. The molecule has 4 N–H and O–H groups in total. The van der Waals surface area contributed by atoms with E-state index in [9.17, 15) is 8.42 Å². The molecule has 0 heterocycles. The van der Waals surface area contributed by atoms with Gasteiger partial charge in [-0.2, -0.15) is 0 Å². The molecular formula is C15H23N3O2S. The lowest BCUT2D eigenvalue weighted by Gasteiger charge is -2.23. The van der Waals surface area contributed by atoms with Gasteiger partial charge in [-0.15, -0.1) is 0 Å². The monoisotopic (exact) mass is 309 g/mol. The topological polar surface area (TPSA) is 96.0 Å². The molecule has 1 saturated carbocycles. The average Bonchev–Trinajstić information content (AvgIpc) is 2.46.